The molecule has 2 unspecified atom stereocenters. The second-order valence-electron chi connectivity index (χ2n) is 4.78. The molecule has 1 rings (SSSR count). The largest absolute Gasteiger partial charge is 0.464 e. The van der Waals surface area contributed by atoms with Gasteiger partial charge in [0.05, 0.1) is 12.7 Å². The lowest BCUT2D eigenvalue weighted by atomic mass is 9.89. The fourth-order valence-electron chi connectivity index (χ4n) is 2.09. The van der Waals surface area contributed by atoms with Gasteiger partial charge in [0.1, 0.15) is 6.61 Å². The third-order valence-electron chi connectivity index (χ3n) is 3.09. The van der Waals surface area contributed by atoms with Gasteiger partial charge >= 0.3 is 5.97 Å². The van der Waals surface area contributed by atoms with Crippen molar-refractivity contribution >= 4 is 5.97 Å². The molecule has 0 aromatic rings. The van der Waals surface area contributed by atoms with E-state index in [1.807, 2.05) is 0 Å². The van der Waals surface area contributed by atoms with Crippen molar-refractivity contribution < 1.29 is 14.3 Å². The Kier molecular flexibility index (Phi) is 6.46. The van der Waals surface area contributed by atoms with Gasteiger partial charge in [-0.15, -0.1) is 0 Å². The molecule has 3 nitrogen and oxygen atoms in total. The van der Waals surface area contributed by atoms with E-state index < -0.39 is 0 Å². The Morgan fingerprint density at radius 1 is 1.38 bits per heavy atom. The molecule has 1 aliphatic rings. The molecule has 0 aromatic carbocycles. The lowest BCUT2D eigenvalue weighted by Crippen LogP contribution is -2.25. The van der Waals surface area contributed by atoms with Crippen molar-refractivity contribution in [2.45, 2.75) is 58.5 Å². The van der Waals surface area contributed by atoms with Gasteiger partial charge in [0.25, 0.3) is 0 Å². The molecule has 0 amide bonds. The average Bonchev–Trinajstić information content (AvgIpc) is 2.27. The molecule has 0 bridgehead atoms. The normalized spacial score (nSPS) is 25.4. The predicted molar refractivity (Wildman–Crippen MR) is 63.2 cm³/mol. The molecule has 1 aliphatic carbocycles. The number of ether oxygens (including phenoxy) is 2. The second-order valence-corrected chi connectivity index (χ2v) is 4.78. The maximum atomic E-state index is 11.3. The Morgan fingerprint density at radius 2 is 2.19 bits per heavy atom. The van der Waals surface area contributed by atoms with E-state index in [1.54, 1.807) is 0 Å². The van der Waals surface area contributed by atoms with Crippen molar-refractivity contribution in [1.82, 2.24) is 0 Å². The number of rotatable bonds is 6. The first-order valence-electron chi connectivity index (χ1n) is 6.49. The van der Waals surface area contributed by atoms with Crippen LogP contribution in [0, 0.1) is 5.92 Å². The lowest BCUT2D eigenvalue weighted by Gasteiger charge is -2.26. The molecule has 0 spiro atoms. The highest BCUT2D eigenvalue weighted by Gasteiger charge is 2.20. The smallest absolute Gasteiger partial charge is 0.332 e. The van der Waals surface area contributed by atoms with Crippen molar-refractivity contribution in [3.8, 4) is 0 Å². The molecule has 1 saturated carbocycles. The van der Waals surface area contributed by atoms with Gasteiger partial charge in [-0.25, -0.2) is 4.79 Å². The molecular formula is C13H24O3. The monoisotopic (exact) mass is 228 g/mol. The van der Waals surface area contributed by atoms with E-state index >= 15 is 0 Å². The summed E-state index contributed by atoms with van der Waals surface area (Å²) in [7, 11) is 0. The summed E-state index contributed by atoms with van der Waals surface area (Å²) in [5.74, 6) is 0.515. The summed E-state index contributed by atoms with van der Waals surface area (Å²) in [6.45, 7) is 4.98. The third-order valence-corrected chi connectivity index (χ3v) is 3.09. The van der Waals surface area contributed by atoms with Crippen molar-refractivity contribution in [2.24, 2.45) is 5.92 Å². The van der Waals surface area contributed by atoms with Crippen molar-refractivity contribution in [1.29, 1.82) is 0 Å². The predicted octanol–water partition coefficient (Wildman–Crippen LogP) is 2.93. The molecule has 16 heavy (non-hydrogen) atoms. The number of hydrogen-bond acceptors (Lipinski definition) is 3. The number of carbonyl (C=O) groups excluding carboxylic acids is 1. The highest BCUT2D eigenvalue weighted by Crippen LogP contribution is 2.25. The summed E-state index contributed by atoms with van der Waals surface area (Å²) < 4.78 is 10.6. The fraction of sp³-hybridized carbons (Fsp3) is 0.923. The Labute approximate surface area is 98.5 Å². The van der Waals surface area contributed by atoms with Crippen LogP contribution in [-0.2, 0) is 14.3 Å². The Morgan fingerprint density at radius 3 is 2.88 bits per heavy atom. The van der Waals surface area contributed by atoms with E-state index in [4.69, 9.17) is 9.47 Å². The summed E-state index contributed by atoms with van der Waals surface area (Å²) in [6, 6.07) is 0. The van der Waals surface area contributed by atoms with Crippen LogP contribution in [-0.4, -0.2) is 25.3 Å². The molecule has 0 heterocycles. The highest BCUT2D eigenvalue weighted by molar-refractivity contribution is 5.70. The van der Waals surface area contributed by atoms with E-state index in [-0.39, 0.29) is 18.7 Å². The first-order valence-corrected chi connectivity index (χ1v) is 6.49. The minimum Gasteiger partial charge on any atom is -0.464 e. The molecule has 0 aromatic heterocycles. The molecular weight excluding hydrogens is 204 g/mol. The summed E-state index contributed by atoms with van der Waals surface area (Å²) in [5.41, 5.74) is 0. The molecule has 3 heteroatoms. The summed E-state index contributed by atoms with van der Waals surface area (Å²) in [6.07, 6.45) is 6.94. The van der Waals surface area contributed by atoms with Crippen LogP contribution in [0.2, 0.25) is 0 Å². The van der Waals surface area contributed by atoms with Gasteiger partial charge < -0.3 is 9.47 Å². The molecule has 0 N–H and O–H groups in total. The van der Waals surface area contributed by atoms with Gasteiger partial charge in [-0.1, -0.05) is 33.1 Å². The second kappa shape index (κ2) is 7.66. The van der Waals surface area contributed by atoms with E-state index in [9.17, 15) is 4.79 Å². The van der Waals surface area contributed by atoms with Crippen molar-refractivity contribution in [2.75, 3.05) is 13.2 Å². The van der Waals surface area contributed by atoms with Crippen LogP contribution in [0.25, 0.3) is 0 Å². The van der Waals surface area contributed by atoms with E-state index in [2.05, 4.69) is 13.8 Å². The zero-order valence-electron chi connectivity index (χ0n) is 10.5. The van der Waals surface area contributed by atoms with E-state index in [1.165, 1.54) is 12.8 Å². The van der Waals surface area contributed by atoms with E-state index in [0.29, 0.717) is 6.61 Å². The molecule has 94 valence electrons. The number of hydrogen-bond donors (Lipinski definition) is 0. The van der Waals surface area contributed by atoms with Crippen LogP contribution < -0.4 is 0 Å². The Balaban J connectivity index is 2.06. The van der Waals surface area contributed by atoms with E-state index in [0.717, 1.165) is 31.6 Å². The van der Waals surface area contributed by atoms with Gasteiger partial charge in [0.15, 0.2) is 0 Å². The SMILES string of the molecule is CCCCOC(=O)COC1CCCC(C)C1. The lowest BCUT2D eigenvalue weighted by molar-refractivity contribution is -0.152. The van der Waals surface area contributed by atoms with Gasteiger partial charge in [0.2, 0.25) is 0 Å². The van der Waals surface area contributed by atoms with Crippen LogP contribution in [0.15, 0.2) is 0 Å². The zero-order chi connectivity index (χ0) is 11.8. The minimum atomic E-state index is -0.216. The fourth-order valence-corrected chi connectivity index (χ4v) is 2.09. The quantitative estimate of drug-likeness (QED) is 0.518. The van der Waals surface area contributed by atoms with Gasteiger partial charge in [-0.2, -0.15) is 0 Å². The maximum absolute atomic E-state index is 11.3. The Hall–Kier alpha value is -0.570. The first kappa shape index (κ1) is 13.5. The molecule has 0 radical (unpaired) electrons. The summed E-state index contributed by atoms with van der Waals surface area (Å²) in [5, 5.41) is 0. The van der Waals surface area contributed by atoms with Gasteiger partial charge in [0, 0.05) is 0 Å². The number of unbranched alkanes of at least 4 members (excludes halogenated alkanes) is 1. The van der Waals surface area contributed by atoms with Crippen molar-refractivity contribution in [3.05, 3.63) is 0 Å². The van der Waals surface area contributed by atoms with Gasteiger partial charge in [-0.3, -0.25) is 0 Å². The minimum absolute atomic E-state index is 0.126. The third kappa shape index (κ3) is 5.50. The van der Waals surface area contributed by atoms with Crippen LogP contribution in [0.1, 0.15) is 52.4 Å². The topological polar surface area (TPSA) is 35.5 Å². The maximum Gasteiger partial charge on any atom is 0.332 e. The molecule has 1 fully saturated rings. The summed E-state index contributed by atoms with van der Waals surface area (Å²) in [4.78, 5) is 11.3. The van der Waals surface area contributed by atoms with Crippen LogP contribution >= 0.6 is 0 Å². The molecule has 0 saturated heterocycles. The zero-order valence-corrected chi connectivity index (χ0v) is 10.5. The number of esters is 1. The van der Waals surface area contributed by atoms with Crippen molar-refractivity contribution in [3.63, 3.8) is 0 Å². The van der Waals surface area contributed by atoms with Crippen LogP contribution in [0.3, 0.4) is 0 Å². The molecule has 2 atom stereocenters. The average molecular weight is 228 g/mol. The number of carbonyl (C=O) groups is 1. The standard InChI is InChI=1S/C13H24O3/c1-3-4-8-15-13(14)10-16-12-7-5-6-11(2)9-12/h11-12H,3-10H2,1-2H3. The van der Waals surface area contributed by atoms with Crippen LogP contribution in [0.5, 0.6) is 0 Å². The highest BCUT2D eigenvalue weighted by atomic mass is 16.6. The molecule has 0 aliphatic heterocycles. The Bertz CT molecular complexity index is 203. The van der Waals surface area contributed by atoms with Crippen LogP contribution in [0.4, 0.5) is 0 Å². The first-order chi connectivity index (χ1) is 7.72. The summed E-state index contributed by atoms with van der Waals surface area (Å²) >= 11 is 0. The van der Waals surface area contributed by atoms with Gasteiger partial charge in [-0.05, 0) is 25.2 Å².